The molecule has 0 aliphatic carbocycles. The third-order valence-electron chi connectivity index (χ3n) is 5.88. The summed E-state index contributed by atoms with van der Waals surface area (Å²) in [4.78, 5) is 44.4. The van der Waals surface area contributed by atoms with Gasteiger partial charge in [-0.05, 0) is 24.1 Å². The number of rotatable bonds is 11. The van der Waals surface area contributed by atoms with E-state index in [1.54, 1.807) is 31.2 Å². The molecule has 0 bridgehead atoms. The van der Waals surface area contributed by atoms with Crippen LogP contribution in [0.2, 0.25) is 0 Å². The van der Waals surface area contributed by atoms with Gasteiger partial charge in [0.2, 0.25) is 5.91 Å². The maximum absolute atomic E-state index is 13.7. The highest BCUT2D eigenvalue weighted by Gasteiger charge is 2.25. The number of aromatic amines is 1. The minimum atomic E-state index is -0.705. The van der Waals surface area contributed by atoms with Gasteiger partial charge in [0.25, 0.3) is 5.56 Å². The third-order valence-corrected chi connectivity index (χ3v) is 5.88. The first-order chi connectivity index (χ1) is 17.3. The van der Waals surface area contributed by atoms with Crippen LogP contribution in [0.15, 0.2) is 58.1 Å². The van der Waals surface area contributed by atoms with Crippen LogP contribution in [0.3, 0.4) is 0 Å². The van der Waals surface area contributed by atoms with Gasteiger partial charge in [0, 0.05) is 25.3 Å². The van der Waals surface area contributed by atoms with E-state index < -0.39 is 11.2 Å². The Labute approximate surface area is 209 Å². The predicted molar refractivity (Wildman–Crippen MR) is 141 cm³/mol. The molecule has 1 heterocycles. The Hall–Kier alpha value is -4.21. The molecule has 10 heteroatoms. The molecule has 1 aromatic heterocycles. The van der Waals surface area contributed by atoms with E-state index in [1.807, 2.05) is 43.3 Å². The Balaban J connectivity index is 2.01. The van der Waals surface area contributed by atoms with E-state index in [1.165, 1.54) is 16.6 Å². The molecule has 0 radical (unpaired) electrons. The summed E-state index contributed by atoms with van der Waals surface area (Å²) in [5, 5.41) is 0. The van der Waals surface area contributed by atoms with E-state index in [0.29, 0.717) is 24.5 Å². The summed E-state index contributed by atoms with van der Waals surface area (Å²) in [5.41, 5.74) is 6.52. The normalized spacial score (nSPS) is 10.7. The largest absolute Gasteiger partial charge is 0.493 e. The molecule has 2 aromatic carbocycles. The second-order valence-corrected chi connectivity index (χ2v) is 8.36. The van der Waals surface area contributed by atoms with Crippen molar-refractivity contribution in [2.24, 2.45) is 0 Å². The summed E-state index contributed by atoms with van der Waals surface area (Å²) in [6.07, 6.45) is 1.54. The number of benzene rings is 2. The zero-order valence-corrected chi connectivity index (χ0v) is 21.1. The SMILES string of the molecule is CCCCn1c(N)c(N(Cc2ccccc2)C(=O)CN(C)c2ccc(OC)c(OC)c2)c(=O)[nH]c1=O. The van der Waals surface area contributed by atoms with E-state index >= 15 is 0 Å². The first kappa shape index (κ1) is 26.4. The molecule has 0 saturated heterocycles. The number of ether oxygens (including phenoxy) is 2. The number of hydrogen-bond donors (Lipinski definition) is 2. The van der Waals surface area contributed by atoms with Crippen molar-refractivity contribution < 1.29 is 14.3 Å². The lowest BCUT2D eigenvalue weighted by molar-refractivity contribution is -0.117. The van der Waals surface area contributed by atoms with Crippen LogP contribution in [0.4, 0.5) is 17.2 Å². The molecule has 0 saturated carbocycles. The lowest BCUT2D eigenvalue weighted by Crippen LogP contribution is -2.44. The van der Waals surface area contributed by atoms with Crippen molar-refractivity contribution in [2.75, 3.05) is 43.3 Å². The number of nitrogen functional groups attached to an aromatic ring is 1. The summed E-state index contributed by atoms with van der Waals surface area (Å²) in [7, 11) is 4.85. The van der Waals surface area contributed by atoms with Gasteiger partial charge in [-0.25, -0.2) is 4.79 Å². The summed E-state index contributed by atoms with van der Waals surface area (Å²) >= 11 is 0. The average molecular weight is 496 g/mol. The fourth-order valence-electron chi connectivity index (χ4n) is 3.88. The fourth-order valence-corrected chi connectivity index (χ4v) is 3.88. The highest BCUT2D eigenvalue weighted by molar-refractivity contribution is 5.98. The number of carbonyl (C=O) groups excluding carboxylic acids is 1. The summed E-state index contributed by atoms with van der Waals surface area (Å²) in [5.74, 6) is 0.698. The fraction of sp³-hybridized carbons (Fsp3) is 0.346. The summed E-state index contributed by atoms with van der Waals surface area (Å²) in [6, 6.07) is 14.6. The van der Waals surface area contributed by atoms with Gasteiger partial charge in [0.1, 0.15) is 5.82 Å². The number of carbonyl (C=O) groups is 1. The van der Waals surface area contributed by atoms with Gasteiger partial charge in [0.05, 0.1) is 27.3 Å². The molecular formula is C26H33N5O5. The Morgan fingerprint density at radius 1 is 1.06 bits per heavy atom. The average Bonchev–Trinajstić information content (AvgIpc) is 2.87. The molecule has 3 N–H and O–H groups in total. The standard InChI is InChI=1S/C26H33N5O5/c1-5-6-14-30-24(27)23(25(33)28-26(30)34)31(16-18-10-8-7-9-11-18)22(32)17-29(2)19-12-13-20(35-3)21(15-19)36-4/h7-13,15H,5-6,14,16-17,27H2,1-4H3,(H,28,33,34). The third kappa shape index (κ3) is 5.88. The molecule has 192 valence electrons. The van der Waals surface area contributed by atoms with E-state index in [9.17, 15) is 14.4 Å². The number of nitrogens with zero attached hydrogens (tertiary/aromatic N) is 3. The number of amides is 1. The van der Waals surface area contributed by atoms with Crippen molar-refractivity contribution in [3.63, 3.8) is 0 Å². The Morgan fingerprint density at radius 2 is 1.75 bits per heavy atom. The van der Waals surface area contributed by atoms with Crippen LogP contribution in [0.5, 0.6) is 11.5 Å². The zero-order chi connectivity index (χ0) is 26.2. The van der Waals surface area contributed by atoms with E-state index in [2.05, 4.69) is 4.98 Å². The molecule has 3 rings (SSSR count). The monoisotopic (exact) mass is 495 g/mol. The molecule has 36 heavy (non-hydrogen) atoms. The number of nitrogens with one attached hydrogen (secondary N) is 1. The molecule has 0 fully saturated rings. The first-order valence-corrected chi connectivity index (χ1v) is 11.7. The van der Waals surface area contributed by atoms with Gasteiger partial charge in [-0.3, -0.25) is 24.0 Å². The van der Waals surface area contributed by atoms with Crippen molar-refractivity contribution in [1.82, 2.24) is 9.55 Å². The summed E-state index contributed by atoms with van der Waals surface area (Å²) in [6.45, 7) is 2.38. The van der Waals surface area contributed by atoms with Gasteiger partial charge in [0.15, 0.2) is 17.2 Å². The zero-order valence-electron chi connectivity index (χ0n) is 21.1. The molecule has 0 unspecified atom stereocenters. The maximum atomic E-state index is 13.7. The quantitative estimate of drug-likeness (QED) is 0.419. The van der Waals surface area contributed by atoms with Crippen LogP contribution >= 0.6 is 0 Å². The van der Waals surface area contributed by atoms with Gasteiger partial charge >= 0.3 is 5.69 Å². The Morgan fingerprint density at radius 3 is 2.39 bits per heavy atom. The number of methoxy groups -OCH3 is 2. The summed E-state index contributed by atoms with van der Waals surface area (Å²) < 4.78 is 12.0. The second kappa shape index (κ2) is 12.0. The molecule has 10 nitrogen and oxygen atoms in total. The minimum Gasteiger partial charge on any atom is -0.493 e. The Kier molecular flexibility index (Phi) is 8.77. The smallest absolute Gasteiger partial charge is 0.330 e. The van der Waals surface area contributed by atoms with Gasteiger partial charge in [-0.15, -0.1) is 0 Å². The lowest BCUT2D eigenvalue weighted by atomic mass is 10.2. The van der Waals surface area contributed by atoms with E-state index in [-0.39, 0.29) is 30.5 Å². The highest BCUT2D eigenvalue weighted by Crippen LogP contribution is 2.31. The molecule has 0 aliphatic heterocycles. The number of anilines is 3. The van der Waals surface area contributed by atoms with Crippen LogP contribution in [-0.4, -0.2) is 43.3 Å². The van der Waals surface area contributed by atoms with Crippen molar-refractivity contribution in [2.45, 2.75) is 32.9 Å². The highest BCUT2D eigenvalue weighted by atomic mass is 16.5. The molecule has 0 spiro atoms. The minimum absolute atomic E-state index is 0.0322. The first-order valence-electron chi connectivity index (χ1n) is 11.7. The molecule has 1 amide bonds. The molecular weight excluding hydrogens is 462 g/mol. The van der Waals surface area contributed by atoms with Gasteiger partial charge in [-0.1, -0.05) is 43.7 Å². The maximum Gasteiger partial charge on any atom is 0.330 e. The van der Waals surface area contributed by atoms with E-state index in [0.717, 1.165) is 17.7 Å². The molecule has 3 aromatic rings. The van der Waals surface area contributed by atoms with Crippen molar-refractivity contribution in [3.8, 4) is 11.5 Å². The van der Waals surface area contributed by atoms with Crippen molar-refractivity contribution in [1.29, 1.82) is 0 Å². The Bertz CT molecular complexity index is 1300. The van der Waals surface area contributed by atoms with Gasteiger partial charge in [-0.2, -0.15) is 0 Å². The number of hydrogen-bond acceptors (Lipinski definition) is 7. The number of H-pyrrole nitrogens is 1. The van der Waals surface area contributed by atoms with Crippen molar-refractivity contribution >= 4 is 23.1 Å². The van der Waals surface area contributed by atoms with Crippen LogP contribution in [-0.2, 0) is 17.9 Å². The van der Waals surface area contributed by atoms with Crippen LogP contribution in [0, 0.1) is 0 Å². The topological polar surface area (TPSA) is 123 Å². The van der Waals surface area contributed by atoms with E-state index in [4.69, 9.17) is 15.2 Å². The van der Waals surface area contributed by atoms with Crippen LogP contribution in [0.1, 0.15) is 25.3 Å². The second-order valence-electron chi connectivity index (χ2n) is 8.36. The lowest BCUT2D eigenvalue weighted by Gasteiger charge is -2.28. The van der Waals surface area contributed by atoms with Gasteiger partial charge < -0.3 is 20.1 Å². The molecule has 0 atom stereocenters. The van der Waals surface area contributed by atoms with Crippen LogP contribution in [0.25, 0.3) is 0 Å². The number of likely N-dealkylation sites (N-methyl/N-ethyl adjacent to an activating group) is 1. The number of nitrogens with two attached hydrogens (primary N) is 1. The van der Waals surface area contributed by atoms with Crippen LogP contribution < -0.4 is 36.3 Å². The van der Waals surface area contributed by atoms with Crippen molar-refractivity contribution in [3.05, 3.63) is 74.9 Å². The number of unbranched alkanes of at least 4 members (excludes halogenated alkanes) is 1. The molecule has 0 aliphatic rings. The number of aromatic nitrogens is 2. The predicted octanol–water partition coefficient (Wildman–Crippen LogP) is 2.61.